The molecule has 5 nitrogen and oxygen atoms in total. The Morgan fingerprint density at radius 2 is 2.19 bits per heavy atom. The summed E-state index contributed by atoms with van der Waals surface area (Å²) in [6, 6.07) is 7.09. The lowest BCUT2D eigenvalue weighted by Gasteiger charge is -2.21. The number of rotatable bonds is 5. The largest absolute Gasteiger partial charge is 0.484 e. The van der Waals surface area contributed by atoms with Gasteiger partial charge in [-0.05, 0) is 44.9 Å². The van der Waals surface area contributed by atoms with E-state index in [1.165, 1.54) is 6.92 Å². The Bertz CT molecular complexity index is 530. The van der Waals surface area contributed by atoms with Gasteiger partial charge in [0.25, 0.3) is 5.91 Å². The Balaban J connectivity index is 1.92. The molecule has 1 aromatic carbocycles. The van der Waals surface area contributed by atoms with Crippen LogP contribution < -0.4 is 10.5 Å². The van der Waals surface area contributed by atoms with Crippen LogP contribution in [0.15, 0.2) is 24.3 Å². The van der Waals surface area contributed by atoms with Crippen LogP contribution in [0.25, 0.3) is 0 Å². The first kappa shape index (κ1) is 15.5. The number of carbonyl (C=O) groups is 2. The zero-order chi connectivity index (χ0) is 15.4. The van der Waals surface area contributed by atoms with Crippen molar-refractivity contribution < 1.29 is 14.3 Å². The fourth-order valence-electron chi connectivity index (χ4n) is 2.69. The maximum absolute atomic E-state index is 12.2. The minimum absolute atomic E-state index is 0.0109. The smallest absolute Gasteiger partial charge is 0.260 e. The highest BCUT2D eigenvalue weighted by Gasteiger charge is 2.31. The third-order valence-corrected chi connectivity index (χ3v) is 3.92. The second kappa shape index (κ2) is 6.72. The molecule has 1 aliphatic rings. The molecule has 2 rings (SSSR count). The normalized spacial score (nSPS) is 21.4. The lowest BCUT2D eigenvalue weighted by molar-refractivity contribution is -0.134. The van der Waals surface area contributed by atoms with Gasteiger partial charge in [-0.3, -0.25) is 9.59 Å². The number of amides is 1. The molecule has 2 atom stereocenters. The Labute approximate surface area is 125 Å². The third-order valence-electron chi connectivity index (χ3n) is 3.92. The summed E-state index contributed by atoms with van der Waals surface area (Å²) >= 11 is 0. The van der Waals surface area contributed by atoms with Crippen LogP contribution in [-0.4, -0.2) is 42.3 Å². The summed E-state index contributed by atoms with van der Waals surface area (Å²) in [6.45, 7) is 4.83. The molecule has 1 saturated heterocycles. The average Bonchev–Trinajstić information content (AvgIpc) is 2.86. The zero-order valence-electron chi connectivity index (χ0n) is 12.5. The zero-order valence-corrected chi connectivity index (χ0v) is 12.5. The highest BCUT2D eigenvalue weighted by atomic mass is 16.5. The molecule has 1 aromatic rings. The van der Waals surface area contributed by atoms with E-state index in [1.54, 1.807) is 24.3 Å². The summed E-state index contributed by atoms with van der Waals surface area (Å²) in [5, 5.41) is 0. The van der Waals surface area contributed by atoms with Gasteiger partial charge in [0.2, 0.25) is 0 Å². The lowest BCUT2D eigenvalue weighted by atomic mass is 10.1. The van der Waals surface area contributed by atoms with Gasteiger partial charge in [-0.15, -0.1) is 0 Å². The van der Waals surface area contributed by atoms with E-state index in [0.717, 1.165) is 6.42 Å². The van der Waals surface area contributed by atoms with Gasteiger partial charge in [-0.25, -0.2) is 0 Å². The van der Waals surface area contributed by atoms with Crippen molar-refractivity contribution in [2.75, 3.05) is 19.7 Å². The average molecular weight is 290 g/mol. The van der Waals surface area contributed by atoms with Crippen molar-refractivity contribution in [1.82, 2.24) is 4.90 Å². The van der Waals surface area contributed by atoms with Crippen LogP contribution in [0, 0.1) is 5.92 Å². The third kappa shape index (κ3) is 3.82. The van der Waals surface area contributed by atoms with Gasteiger partial charge >= 0.3 is 0 Å². The number of Topliss-reactive ketones (excluding diaryl/α,β-unsaturated/α-hetero) is 1. The monoisotopic (exact) mass is 290 g/mol. The molecule has 2 unspecified atom stereocenters. The van der Waals surface area contributed by atoms with E-state index in [-0.39, 0.29) is 24.3 Å². The van der Waals surface area contributed by atoms with Gasteiger partial charge in [0.05, 0.1) is 0 Å². The predicted octanol–water partition coefficient (Wildman–Crippen LogP) is 1.46. The number of hydrogen-bond acceptors (Lipinski definition) is 4. The fraction of sp³-hybridized carbons (Fsp3) is 0.500. The van der Waals surface area contributed by atoms with E-state index in [9.17, 15) is 9.59 Å². The van der Waals surface area contributed by atoms with Crippen molar-refractivity contribution in [3.05, 3.63) is 29.8 Å². The molecule has 1 aliphatic heterocycles. The van der Waals surface area contributed by atoms with Gasteiger partial charge in [0.1, 0.15) is 5.75 Å². The first-order valence-electron chi connectivity index (χ1n) is 7.24. The van der Waals surface area contributed by atoms with Gasteiger partial charge < -0.3 is 15.4 Å². The van der Waals surface area contributed by atoms with E-state index in [2.05, 4.69) is 0 Å². The minimum Gasteiger partial charge on any atom is -0.484 e. The molecule has 1 amide bonds. The summed E-state index contributed by atoms with van der Waals surface area (Å²) in [7, 11) is 0. The Hall–Kier alpha value is -1.88. The Morgan fingerprint density at radius 1 is 1.43 bits per heavy atom. The molecule has 0 saturated carbocycles. The van der Waals surface area contributed by atoms with Crippen molar-refractivity contribution in [3.63, 3.8) is 0 Å². The van der Waals surface area contributed by atoms with E-state index < -0.39 is 0 Å². The van der Waals surface area contributed by atoms with Crippen molar-refractivity contribution in [1.29, 1.82) is 0 Å². The quantitative estimate of drug-likeness (QED) is 0.833. The highest BCUT2D eigenvalue weighted by molar-refractivity contribution is 5.94. The molecule has 1 fully saturated rings. The number of benzene rings is 1. The lowest BCUT2D eigenvalue weighted by Crippen LogP contribution is -2.37. The van der Waals surface area contributed by atoms with Gasteiger partial charge in [0.15, 0.2) is 12.4 Å². The number of nitrogens with zero attached hydrogens (tertiary/aromatic N) is 1. The van der Waals surface area contributed by atoms with Crippen LogP contribution in [0.4, 0.5) is 0 Å². The molecular formula is C16H22N2O3. The summed E-state index contributed by atoms with van der Waals surface area (Å²) in [5.74, 6) is 0.862. The standard InChI is InChI=1S/C16H22N2O3/c1-11-6-13(8-17)9-18(11)16(20)10-21-15-5-3-4-14(7-15)12(2)19/h3-5,7,11,13H,6,8-10,17H2,1-2H3. The topological polar surface area (TPSA) is 72.6 Å². The summed E-state index contributed by atoms with van der Waals surface area (Å²) in [5.41, 5.74) is 6.25. The van der Waals surface area contributed by atoms with Crippen LogP contribution in [0.3, 0.4) is 0 Å². The fourth-order valence-corrected chi connectivity index (χ4v) is 2.69. The van der Waals surface area contributed by atoms with E-state index >= 15 is 0 Å². The number of likely N-dealkylation sites (tertiary alicyclic amines) is 1. The molecule has 21 heavy (non-hydrogen) atoms. The molecule has 5 heteroatoms. The number of hydrogen-bond donors (Lipinski definition) is 1. The maximum Gasteiger partial charge on any atom is 0.260 e. The molecule has 2 N–H and O–H groups in total. The predicted molar refractivity (Wildman–Crippen MR) is 80.3 cm³/mol. The molecule has 1 heterocycles. The first-order chi connectivity index (χ1) is 10.0. The Morgan fingerprint density at radius 3 is 2.81 bits per heavy atom. The van der Waals surface area contributed by atoms with E-state index in [1.807, 2.05) is 11.8 Å². The Kier molecular flexibility index (Phi) is 4.96. The van der Waals surface area contributed by atoms with E-state index in [0.29, 0.717) is 30.3 Å². The van der Waals surface area contributed by atoms with Crippen molar-refractivity contribution in [2.45, 2.75) is 26.3 Å². The van der Waals surface area contributed by atoms with Crippen molar-refractivity contribution in [3.8, 4) is 5.75 Å². The molecule has 0 aliphatic carbocycles. The minimum atomic E-state index is -0.0355. The number of nitrogens with two attached hydrogens (primary N) is 1. The van der Waals surface area contributed by atoms with Crippen LogP contribution in [-0.2, 0) is 4.79 Å². The van der Waals surface area contributed by atoms with Gasteiger partial charge in [0, 0.05) is 18.2 Å². The highest BCUT2D eigenvalue weighted by Crippen LogP contribution is 2.22. The van der Waals surface area contributed by atoms with Crippen LogP contribution in [0.5, 0.6) is 5.75 Å². The molecule has 0 radical (unpaired) electrons. The summed E-state index contributed by atoms with van der Waals surface area (Å²) in [6.07, 6.45) is 0.946. The van der Waals surface area contributed by atoms with Gasteiger partial charge in [-0.2, -0.15) is 0 Å². The number of carbonyl (C=O) groups excluding carboxylic acids is 2. The molecule has 0 bridgehead atoms. The van der Waals surface area contributed by atoms with Crippen LogP contribution >= 0.6 is 0 Å². The maximum atomic E-state index is 12.2. The molecule has 0 aromatic heterocycles. The van der Waals surface area contributed by atoms with Crippen LogP contribution in [0.1, 0.15) is 30.6 Å². The second-order valence-electron chi connectivity index (χ2n) is 5.61. The SMILES string of the molecule is CC(=O)c1cccc(OCC(=O)N2CC(CN)CC2C)c1. The molecular weight excluding hydrogens is 268 g/mol. The van der Waals surface area contributed by atoms with Crippen molar-refractivity contribution in [2.24, 2.45) is 11.7 Å². The van der Waals surface area contributed by atoms with E-state index in [4.69, 9.17) is 10.5 Å². The summed E-state index contributed by atoms with van der Waals surface area (Å²) in [4.78, 5) is 25.3. The van der Waals surface area contributed by atoms with Gasteiger partial charge in [-0.1, -0.05) is 12.1 Å². The molecule has 0 spiro atoms. The number of ketones is 1. The second-order valence-corrected chi connectivity index (χ2v) is 5.61. The molecule has 114 valence electrons. The van der Waals surface area contributed by atoms with Crippen LogP contribution in [0.2, 0.25) is 0 Å². The first-order valence-corrected chi connectivity index (χ1v) is 7.24. The number of ether oxygens (including phenoxy) is 1. The van der Waals surface area contributed by atoms with Crippen molar-refractivity contribution >= 4 is 11.7 Å². The summed E-state index contributed by atoms with van der Waals surface area (Å²) < 4.78 is 5.51.